The van der Waals surface area contributed by atoms with Crippen LogP contribution in [0.1, 0.15) is 27.5 Å². The van der Waals surface area contributed by atoms with Crippen LogP contribution < -0.4 is 10.1 Å². The molecule has 154 valence electrons. The predicted octanol–water partition coefficient (Wildman–Crippen LogP) is 3.17. The number of ether oxygens (including phenoxy) is 2. The van der Waals surface area contributed by atoms with E-state index >= 15 is 0 Å². The number of methoxy groups -OCH3 is 1. The Kier molecular flexibility index (Phi) is 6.54. The Hall–Kier alpha value is -4.00. The van der Waals surface area contributed by atoms with Gasteiger partial charge in [0, 0.05) is 6.07 Å². The van der Waals surface area contributed by atoms with Crippen molar-refractivity contribution >= 4 is 11.9 Å². The van der Waals surface area contributed by atoms with Crippen LogP contribution in [0.2, 0.25) is 0 Å². The smallest absolute Gasteiger partial charge is 0.342 e. The van der Waals surface area contributed by atoms with E-state index < -0.39 is 30.3 Å². The molecule has 7 heteroatoms. The first-order valence-corrected chi connectivity index (χ1v) is 9.15. The molecule has 0 fully saturated rings. The highest BCUT2D eigenvalue weighted by atomic mass is 16.5. The summed E-state index contributed by atoms with van der Waals surface area (Å²) in [5, 5.41) is 21.9. The SMILES string of the molecule is COc1ccc([C@@H](NC(=O)COC(=O)c2ccc(O)cc2O)c2ccccc2)cc1. The molecule has 0 saturated carbocycles. The molecule has 30 heavy (non-hydrogen) atoms. The van der Waals surface area contributed by atoms with Gasteiger partial charge in [-0.1, -0.05) is 42.5 Å². The van der Waals surface area contributed by atoms with E-state index in [1.807, 2.05) is 42.5 Å². The summed E-state index contributed by atoms with van der Waals surface area (Å²) in [6.07, 6.45) is 0. The van der Waals surface area contributed by atoms with Crippen LogP contribution in [-0.4, -0.2) is 35.8 Å². The van der Waals surface area contributed by atoms with Crippen molar-refractivity contribution in [2.75, 3.05) is 13.7 Å². The van der Waals surface area contributed by atoms with Crippen LogP contribution in [0.4, 0.5) is 0 Å². The number of carbonyl (C=O) groups excluding carboxylic acids is 2. The summed E-state index contributed by atoms with van der Waals surface area (Å²) < 4.78 is 10.2. The third-order valence-electron chi connectivity index (χ3n) is 4.42. The molecule has 0 bridgehead atoms. The third kappa shape index (κ3) is 5.08. The monoisotopic (exact) mass is 407 g/mol. The van der Waals surface area contributed by atoms with Gasteiger partial charge in [-0.05, 0) is 35.4 Å². The summed E-state index contributed by atoms with van der Waals surface area (Å²) in [6.45, 7) is -0.529. The molecule has 3 rings (SSSR count). The number of phenolic OH excluding ortho intramolecular Hbond substituents is 2. The Morgan fingerprint density at radius 1 is 0.933 bits per heavy atom. The van der Waals surface area contributed by atoms with Crippen LogP contribution in [0.25, 0.3) is 0 Å². The minimum Gasteiger partial charge on any atom is -0.508 e. The van der Waals surface area contributed by atoms with E-state index in [2.05, 4.69) is 5.32 Å². The zero-order valence-electron chi connectivity index (χ0n) is 16.2. The van der Waals surface area contributed by atoms with Gasteiger partial charge in [0.1, 0.15) is 22.8 Å². The third-order valence-corrected chi connectivity index (χ3v) is 4.42. The second kappa shape index (κ2) is 9.47. The van der Waals surface area contributed by atoms with Crippen LogP contribution in [0.15, 0.2) is 72.8 Å². The summed E-state index contributed by atoms with van der Waals surface area (Å²) in [4.78, 5) is 24.6. The molecule has 7 nitrogen and oxygen atoms in total. The van der Waals surface area contributed by atoms with Crippen molar-refractivity contribution in [2.45, 2.75) is 6.04 Å². The van der Waals surface area contributed by atoms with Gasteiger partial charge in [-0.15, -0.1) is 0 Å². The Morgan fingerprint density at radius 2 is 1.60 bits per heavy atom. The van der Waals surface area contributed by atoms with E-state index in [4.69, 9.17) is 9.47 Å². The zero-order chi connectivity index (χ0) is 21.5. The van der Waals surface area contributed by atoms with Crippen molar-refractivity contribution < 1.29 is 29.3 Å². The molecule has 0 aliphatic rings. The molecule has 1 amide bonds. The number of carbonyl (C=O) groups is 2. The molecule has 3 N–H and O–H groups in total. The van der Waals surface area contributed by atoms with E-state index in [1.165, 1.54) is 12.1 Å². The summed E-state index contributed by atoms with van der Waals surface area (Å²) >= 11 is 0. The first-order chi connectivity index (χ1) is 14.5. The number of phenols is 2. The molecule has 0 aliphatic carbocycles. The fourth-order valence-corrected chi connectivity index (χ4v) is 2.91. The number of aromatic hydroxyl groups is 2. The molecule has 0 aliphatic heterocycles. The van der Waals surface area contributed by atoms with Crippen molar-refractivity contribution in [2.24, 2.45) is 0 Å². The van der Waals surface area contributed by atoms with E-state index in [0.717, 1.165) is 17.2 Å². The lowest BCUT2D eigenvalue weighted by atomic mass is 9.98. The molecule has 0 heterocycles. The lowest BCUT2D eigenvalue weighted by molar-refractivity contribution is -0.124. The van der Waals surface area contributed by atoms with Gasteiger partial charge in [0.25, 0.3) is 5.91 Å². The number of amides is 1. The van der Waals surface area contributed by atoms with Crippen LogP contribution >= 0.6 is 0 Å². The normalized spacial score (nSPS) is 11.4. The Labute approximate surface area is 173 Å². The number of benzene rings is 3. The quantitative estimate of drug-likeness (QED) is 0.520. The minimum atomic E-state index is -0.872. The molecule has 3 aromatic carbocycles. The fourth-order valence-electron chi connectivity index (χ4n) is 2.91. The standard InChI is InChI=1S/C23H21NO6/c1-29-18-10-7-16(8-11-18)22(15-5-3-2-4-6-15)24-21(27)14-30-23(28)19-12-9-17(25)13-20(19)26/h2-13,22,25-26H,14H2,1H3,(H,24,27)/t22-/m0/s1. The molecule has 0 aromatic heterocycles. The average Bonchev–Trinajstić information content (AvgIpc) is 2.76. The van der Waals surface area contributed by atoms with Crippen LogP contribution in [0.3, 0.4) is 0 Å². The number of hydrogen-bond acceptors (Lipinski definition) is 6. The van der Waals surface area contributed by atoms with E-state index in [-0.39, 0.29) is 11.3 Å². The number of hydrogen-bond donors (Lipinski definition) is 3. The first-order valence-electron chi connectivity index (χ1n) is 9.15. The van der Waals surface area contributed by atoms with Crippen LogP contribution in [0, 0.1) is 0 Å². The maximum absolute atomic E-state index is 12.5. The van der Waals surface area contributed by atoms with Crippen LogP contribution in [0.5, 0.6) is 17.2 Å². The molecule has 0 spiro atoms. The molecular formula is C23H21NO6. The molecule has 0 saturated heterocycles. The summed E-state index contributed by atoms with van der Waals surface area (Å²) in [6, 6.07) is 19.7. The molecular weight excluding hydrogens is 386 g/mol. The molecule has 0 radical (unpaired) electrons. The topological polar surface area (TPSA) is 105 Å². The summed E-state index contributed by atoms with van der Waals surface area (Å²) in [5.41, 5.74) is 1.55. The lowest BCUT2D eigenvalue weighted by Gasteiger charge is -2.20. The van der Waals surface area contributed by atoms with Gasteiger partial charge >= 0.3 is 5.97 Å². The van der Waals surface area contributed by atoms with Gasteiger partial charge in [0.15, 0.2) is 6.61 Å². The highest BCUT2D eigenvalue weighted by Crippen LogP contribution is 2.25. The Bertz CT molecular complexity index is 1020. The summed E-state index contributed by atoms with van der Waals surface area (Å²) in [5.74, 6) is -1.30. The van der Waals surface area contributed by atoms with Gasteiger partial charge in [-0.3, -0.25) is 4.79 Å². The zero-order valence-corrected chi connectivity index (χ0v) is 16.2. The average molecular weight is 407 g/mol. The molecule has 0 unspecified atom stereocenters. The van der Waals surface area contributed by atoms with Crippen molar-refractivity contribution in [1.82, 2.24) is 5.32 Å². The van der Waals surface area contributed by atoms with Crippen molar-refractivity contribution in [3.8, 4) is 17.2 Å². The second-order valence-corrected chi connectivity index (χ2v) is 6.46. The lowest BCUT2D eigenvalue weighted by Crippen LogP contribution is -2.33. The fraction of sp³-hybridized carbons (Fsp3) is 0.130. The van der Waals surface area contributed by atoms with Gasteiger partial charge < -0.3 is 25.0 Å². The largest absolute Gasteiger partial charge is 0.508 e. The number of nitrogens with one attached hydrogen (secondary N) is 1. The number of esters is 1. The predicted molar refractivity (Wildman–Crippen MR) is 109 cm³/mol. The molecule has 1 atom stereocenters. The van der Waals surface area contributed by atoms with Crippen molar-refractivity contribution in [3.05, 3.63) is 89.5 Å². The maximum Gasteiger partial charge on any atom is 0.342 e. The van der Waals surface area contributed by atoms with E-state index in [0.29, 0.717) is 5.75 Å². The highest BCUT2D eigenvalue weighted by molar-refractivity contribution is 5.94. The van der Waals surface area contributed by atoms with Crippen molar-refractivity contribution in [1.29, 1.82) is 0 Å². The van der Waals surface area contributed by atoms with Crippen LogP contribution in [-0.2, 0) is 9.53 Å². The second-order valence-electron chi connectivity index (χ2n) is 6.46. The summed E-state index contributed by atoms with van der Waals surface area (Å²) in [7, 11) is 1.58. The maximum atomic E-state index is 12.5. The van der Waals surface area contributed by atoms with Gasteiger partial charge in [-0.25, -0.2) is 4.79 Å². The first kappa shape index (κ1) is 20.7. The van der Waals surface area contributed by atoms with Gasteiger partial charge in [-0.2, -0.15) is 0 Å². The minimum absolute atomic E-state index is 0.143. The van der Waals surface area contributed by atoms with E-state index in [9.17, 15) is 19.8 Å². The Morgan fingerprint density at radius 3 is 2.23 bits per heavy atom. The Balaban J connectivity index is 1.70. The molecule has 3 aromatic rings. The highest BCUT2D eigenvalue weighted by Gasteiger charge is 2.19. The van der Waals surface area contributed by atoms with Gasteiger partial charge in [0.2, 0.25) is 0 Å². The number of rotatable bonds is 7. The van der Waals surface area contributed by atoms with Crippen molar-refractivity contribution in [3.63, 3.8) is 0 Å². The van der Waals surface area contributed by atoms with E-state index in [1.54, 1.807) is 19.2 Å². The van der Waals surface area contributed by atoms with Gasteiger partial charge in [0.05, 0.1) is 13.2 Å².